The maximum atomic E-state index is 12.3. The lowest BCUT2D eigenvalue weighted by Crippen LogP contribution is -2.50. The van der Waals surface area contributed by atoms with Crippen LogP contribution < -0.4 is 9.80 Å². The molecule has 1 saturated heterocycles. The molecule has 2 heterocycles. The molecular weight excluding hydrogens is 330 g/mol. The summed E-state index contributed by atoms with van der Waals surface area (Å²) in [6.45, 7) is 3.40. The molecule has 1 aromatic carbocycles. The van der Waals surface area contributed by atoms with Gasteiger partial charge in [0.05, 0.1) is 18.5 Å². The molecule has 0 radical (unpaired) electrons. The van der Waals surface area contributed by atoms with Crippen molar-refractivity contribution in [3.63, 3.8) is 0 Å². The van der Waals surface area contributed by atoms with E-state index in [1.165, 1.54) is 0 Å². The van der Waals surface area contributed by atoms with E-state index in [0.29, 0.717) is 19.7 Å². The largest absolute Gasteiger partial charge is 0.376 e. The monoisotopic (exact) mass is 355 g/mol. The van der Waals surface area contributed by atoms with Crippen LogP contribution in [0.3, 0.4) is 0 Å². The molecule has 0 unspecified atom stereocenters. The van der Waals surface area contributed by atoms with Crippen molar-refractivity contribution in [2.45, 2.75) is 6.61 Å². The van der Waals surface area contributed by atoms with Crippen molar-refractivity contribution in [1.29, 1.82) is 0 Å². The van der Waals surface area contributed by atoms with Gasteiger partial charge in [-0.1, -0.05) is 30.3 Å². The van der Waals surface area contributed by atoms with Gasteiger partial charge in [-0.15, -0.1) is 5.10 Å². The average Bonchev–Trinajstić information content (AvgIpc) is 2.69. The number of hydrogen-bond acceptors (Lipinski definition) is 6. The Labute approximate surface area is 154 Å². The highest BCUT2D eigenvalue weighted by atomic mass is 16.5. The number of hydrogen-bond donors (Lipinski definition) is 0. The number of benzene rings is 1. The topological polar surface area (TPSA) is 61.8 Å². The molecule has 0 N–H and O–H groups in total. The Hall–Kier alpha value is -2.67. The van der Waals surface area contributed by atoms with Crippen LogP contribution in [-0.2, 0) is 16.1 Å². The number of piperazine rings is 1. The molecule has 1 aliphatic rings. The van der Waals surface area contributed by atoms with Crippen LogP contribution >= 0.6 is 0 Å². The van der Waals surface area contributed by atoms with Gasteiger partial charge in [-0.3, -0.25) is 4.79 Å². The van der Waals surface area contributed by atoms with Crippen molar-refractivity contribution in [3.8, 4) is 0 Å². The van der Waals surface area contributed by atoms with E-state index >= 15 is 0 Å². The lowest BCUT2D eigenvalue weighted by atomic mass is 10.2. The van der Waals surface area contributed by atoms with E-state index in [-0.39, 0.29) is 12.5 Å². The van der Waals surface area contributed by atoms with Gasteiger partial charge in [0.25, 0.3) is 0 Å². The minimum atomic E-state index is 0.0358. The molecule has 0 spiro atoms. The normalized spacial score (nSPS) is 14.4. The number of aromatic nitrogens is 2. The molecule has 0 atom stereocenters. The number of anilines is 2. The highest BCUT2D eigenvalue weighted by Crippen LogP contribution is 2.18. The van der Waals surface area contributed by atoms with E-state index in [0.717, 1.165) is 30.2 Å². The first-order valence-electron chi connectivity index (χ1n) is 8.78. The second-order valence-corrected chi connectivity index (χ2v) is 6.51. The highest BCUT2D eigenvalue weighted by molar-refractivity contribution is 5.77. The van der Waals surface area contributed by atoms with Crippen molar-refractivity contribution in [1.82, 2.24) is 15.1 Å². The van der Waals surface area contributed by atoms with Gasteiger partial charge in [-0.2, -0.15) is 5.10 Å². The fraction of sp³-hybridized carbons (Fsp3) is 0.421. The van der Waals surface area contributed by atoms with Crippen molar-refractivity contribution in [3.05, 3.63) is 48.2 Å². The van der Waals surface area contributed by atoms with Crippen LogP contribution in [0, 0.1) is 0 Å². The van der Waals surface area contributed by atoms with Gasteiger partial charge >= 0.3 is 0 Å². The minimum Gasteiger partial charge on any atom is -0.376 e. The summed E-state index contributed by atoms with van der Waals surface area (Å²) in [5.74, 6) is 0.886. The Balaban J connectivity index is 1.45. The Kier molecular flexibility index (Phi) is 6.01. The fourth-order valence-corrected chi connectivity index (χ4v) is 2.85. The van der Waals surface area contributed by atoms with Crippen molar-refractivity contribution in [2.24, 2.45) is 0 Å². The Bertz CT molecular complexity index is 715. The first kappa shape index (κ1) is 18.1. The van der Waals surface area contributed by atoms with E-state index in [4.69, 9.17) is 4.74 Å². The highest BCUT2D eigenvalue weighted by Gasteiger charge is 2.22. The van der Waals surface area contributed by atoms with Crippen LogP contribution in [0.4, 0.5) is 11.5 Å². The molecule has 138 valence electrons. The molecular formula is C19H25N5O2. The Morgan fingerprint density at radius 3 is 2.58 bits per heavy atom. The van der Waals surface area contributed by atoms with Crippen molar-refractivity contribution in [2.75, 3.05) is 56.7 Å². The van der Waals surface area contributed by atoms with Gasteiger partial charge in [0, 0.05) is 46.3 Å². The van der Waals surface area contributed by atoms with Gasteiger partial charge in [-0.05, 0) is 5.56 Å². The summed E-state index contributed by atoms with van der Waals surface area (Å²) in [5.41, 5.74) is 2.09. The van der Waals surface area contributed by atoms with E-state index in [1.54, 1.807) is 6.20 Å². The second-order valence-electron chi connectivity index (χ2n) is 6.51. The van der Waals surface area contributed by atoms with E-state index in [1.807, 2.05) is 60.3 Å². The lowest BCUT2D eigenvalue weighted by Gasteiger charge is -2.35. The number of rotatable bonds is 6. The SMILES string of the molecule is CN(C)c1cnnc(N2CCN(C(=O)COCc3ccccc3)CC2)c1. The van der Waals surface area contributed by atoms with Crippen LogP contribution in [-0.4, -0.2) is 67.9 Å². The molecule has 1 amide bonds. The predicted octanol–water partition coefficient (Wildman–Crippen LogP) is 1.41. The maximum absolute atomic E-state index is 12.3. The number of carbonyl (C=O) groups is 1. The molecule has 7 nitrogen and oxygen atoms in total. The minimum absolute atomic E-state index is 0.0358. The van der Waals surface area contributed by atoms with Gasteiger partial charge in [-0.25, -0.2) is 0 Å². The number of nitrogens with zero attached hydrogens (tertiary/aromatic N) is 5. The Morgan fingerprint density at radius 2 is 1.88 bits per heavy atom. The molecule has 0 bridgehead atoms. The molecule has 7 heteroatoms. The number of carbonyl (C=O) groups excluding carboxylic acids is 1. The van der Waals surface area contributed by atoms with E-state index < -0.39 is 0 Å². The summed E-state index contributed by atoms with van der Waals surface area (Å²) in [6, 6.07) is 11.9. The molecule has 26 heavy (non-hydrogen) atoms. The van der Waals surface area contributed by atoms with Gasteiger partial charge < -0.3 is 19.4 Å². The lowest BCUT2D eigenvalue weighted by molar-refractivity contribution is -0.136. The summed E-state index contributed by atoms with van der Waals surface area (Å²) in [7, 11) is 3.96. The zero-order chi connectivity index (χ0) is 18.4. The molecule has 0 saturated carbocycles. The van der Waals surface area contributed by atoms with Crippen LogP contribution in [0.25, 0.3) is 0 Å². The molecule has 1 fully saturated rings. The predicted molar refractivity (Wildman–Crippen MR) is 101 cm³/mol. The van der Waals surface area contributed by atoms with Crippen LogP contribution in [0.5, 0.6) is 0 Å². The van der Waals surface area contributed by atoms with Gasteiger partial charge in [0.15, 0.2) is 5.82 Å². The second kappa shape index (κ2) is 8.62. The van der Waals surface area contributed by atoms with Gasteiger partial charge in [0.1, 0.15) is 6.61 Å². The first-order chi connectivity index (χ1) is 12.6. The fourth-order valence-electron chi connectivity index (χ4n) is 2.85. The van der Waals surface area contributed by atoms with Crippen molar-refractivity contribution < 1.29 is 9.53 Å². The third-order valence-electron chi connectivity index (χ3n) is 4.44. The summed E-state index contributed by atoms with van der Waals surface area (Å²) >= 11 is 0. The zero-order valence-electron chi connectivity index (χ0n) is 15.3. The standard InChI is InChI=1S/C19H25N5O2/c1-22(2)17-12-18(21-20-13-17)23-8-10-24(11-9-23)19(25)15-26-14-16-6-4-3-5-7-16/h3-7,12-13H,8-11,14-15H2,1-2H3. The quantitative estimate of drug-likeness (QED) is 0.781. The molecule has 1 aliphatic heterocycles. The van der Waals surface area contributed by atoms with E-state index in [2.05, 4.69) is 15.1 Å². The van der Waals surface area contributed by atoms with Gasteiger partial charge in [0.2, 0.25) is 5.91 Å². The number of ether oxygens (including phenoxy) is 1. The third-order valence-corrected chi connectivity index (χ3v) is 4.44. The molecule has 0 aliphatic carbocycles. The van der Waals surface area contributed by atoms with E-state index in [9.17, 15) is 4.79 Å². The molecule has 1 aromatic heterocycles. The van der Waals surface area contributed by atoms with Crippen LogP contribution in [0.1, 0.15) is 5.56 Å². The van der Waals surface area contributed by atoms with Crippen molar-refractivity contribution >= 4 is 17.4 Å². The molecule has 3 rings (SSSR count). The molecule has 2 aromatic rings. The Morgan fingerprint density at radius 1 is 1.15 bits per heavy atom. The van der Waals surface area contributed by atoms with Crippen LogP contribution in [0.2, 0.25) is 0 Å². The zero-order valence-corrected chi connectivity index (χ0v) is 15.3. The average molecular weight is 355 g/mol. The summed E-state index contributed by atoms with van der Waals surface area (Å²) < 4.78 is 5.56. The maximum Gasteiger partial charge on any atom is 0.248 e. The summed E-state index contributed by atoms with van der Waals surface area (Å²) in [4.78, 5) is 18.3. The summed E-state index contributed by atoms with van der Waals surface area (Å²) in [6.07, 6.45) is 1.74. The van der Waals surface area contributed by atoms with Crippen LogP contribution in [0.15, 0.2) is 42.6 Å². The number of amides is 1. The first-order valence-corrected chi connectivity index (χ1v) is 8.78. The smallest absolute Gasteiger partial charge is 0.248 e. The third kappa shape index (κ3) is 4.70. The summed E-state index contributed by atoms with van der Waals surface area (Å²) in [5, 5.41) is 8.29.